The summed E-state index contributed by atoms with van der Waals surface area (Å²) in [4.78, 5) is 12.4. The molecule has 0 radical (unpaired) electrons. The molecule has 0 bridgehead atoms. The van der Waals surface area contributed by atoms with Crippen LogP contribution in [0.1, 0.15) is 32.6 Å². The van der Waals surface area contributed by atoms with Crippen molar-refractivity contribution in [2.45, 2.75) is 38.6 Å². The van der Waals surface area contributed by atoms with Crippen LogP contribution in [-0.2, 0) is 4.79 Å². The van der Waals surface area contributed by atoms with Crippen LogP contribution in [0, 0.1) is 0 Å². The van der Waals surface area contributed by atoms with E-state index in [-0.39, 0.29) is 0 Å². The van der Waals surface area contributed by atoms with Crippen LogP contribution < -0.4 is 0 Å². The fourth-order valence-electron chi connectivity index (χ4n) is 1.88. The molecule has 0 heterocycles. The van der Waals surface area contributed by atoms with Crippen molar-refractivity contribution in [1.29, 1.82) is 0 Å². The number of carbonyl (C=O) groups is 1. The zero-order valence-corrected chi connectivity index (χ0v) is 8.07. The van der Waals surface area contributed by atoms with Crippen LogP contribution in [0.2, 0.25) is 0 Å². The smallest absolute Gasteiger partial charge is 0.329 e. The Bertz CT molecular complexity index is 195. The molecule has 0 aromatic rings. The molecular weight excluding hydrogens is 166 g/mol. The van der Waals surface area contributed by atoms with E-state index in [1.807, 2.05) is 0 Å². The molecule has 1 aliphatic rings. The first-order chi connectivity index (χ1) is 6.24. The second kappa shape index (κ2) is 4.90. The molecule has 0 aliphatic heterocycles. The van der Waals surface area contributed by atoms with Crippen LogP contribution in [0.15, 0.2) is 12.3 Å². The van der Waals surface area contributed by atoms with E-state index in [0.29, 0.717) is 6.04 Å². The third kappa shape index (κ3) is 3.09. The first-order valence-corrected chi connectivity index (χ1v) is 4.91. The minimum absolute atomic E-state index is 0.570. The van der Waals surface area contributed by atoms with Crippen molar-refractivity contribution in [3.05, 3.63) is 12.3 Å². The number of nitrogens with zero attached hydrogens (tertiary/aromatic N) is 1. The number of hydrogen-bond acceptors (Lipinski definition) is 2. The van der Waals surface area contributed by atoms with Gasteiger partial charge in [-0.2, -0.15) is 0 Å². The number of aliphatic carboxylic acids is 1. The van der Waals surface area contributed by atoms with Crippen molar-refractivity contribution in [3.63, 3.8) is 0 Å². The summed E-state index contributed by atoms with van der Waals surface area (Å²) in [5, 5.41) is 8.49. The second-order valence-corrected chi connectivity index (χ2v) is 3.42. The van der Waals surface area contributed by atoms with Crippen molar-refractivity contribution in [1.82, 2.24) is 4.90 Å². The van der Waals surface area contributed by atoms with Crippen LogP contribution in [0.5, 0.6) is 0 Å². The molecule has 74 valence electrons. The first-order valence-electron chi connectivity index (χ1n) is 4.91. The average Bonchev–Trinajstić information content (AvgIpc) is 2.58. The van der Waals surface area contributed by atoms with E-state index in [0.717, 1.165) is 6.54 Å². The number of carboxylic acid groups (broad SMARTS) is 1. The lowest BCUT2D eigenvalue weighted by molar-refractivity contribution is -0.131. The Labute approximate surface area is 79.0 Å². The second-order valence-electron chi connectivity index (χ2n) is 3.42. The predicted molar refractivity (Wildman–Crippen MR) is 51.4 cm³/mol. The van der Waals surface area contributed by atoms with Gasteiger partial charge >= 0.3 is 5.97 Å². The quantitative estimate of drug-likeness (QED) is 0.676. The fraction of sp³-hybridized carbons (Fsp3) is 0.700. The van der Waals surface area contributed by atoms with Gasteiger partial charge < -0.3 is 10.0 Å². The molecule has 0 aromatic heterocycles. The molecule has 1 aliphatic carbocycles. The molecule has 0 spiro atoms. The zero-order valence-electron chi connectivity index (χ0n) is 8.07. The van der Waals surface area contributed by atoms with Gasteiger partial charge in [0.25, 0.3) is 0 Å². The number of carboxylic acids is 1. The molecule has 1 fully saturated rings. The van der Waals surface area contributed by atoms with Crippen LogP contribution in [0.4, 0.5) is 0 Å². The molecular formula is C10H17NO2. The lowest BCUT2D eigenvalue weighted by Gasteiger charge is -2.25. The summed E-state index contributed by atoms with van der Waals surface area (Å²) in [6.07, 6.45) is 7.90. The molecule has 1 N–H and O–H groups in total. The van der Waals surface area contributed by atoms with Gasteiger partial charge in [0.05, 0.1) is 0 Å². The predicted octanol–water partition coefficient (Wildman–Crippen LogP) is 1.85. The highest BCUT2D eigenvalue weighted by Gasteiger charge is 2.18. The summed E-state index contributed by atoms with van der Waals surface area (Å²) in [6, 6.07) is 0.570. The maximum atomic E-state index is 10.3. The van der Waals surface area contributed by atoms with Crippen molar-refractivity contribution >= 4 is 5.97 Å². The normalized spacial score (nSPS) is 18.2. The molecule has 1 rings (SSSR count). The molecule has 0 amide bonds. The largest absolute Gasteiger partial charge is 0.478 e. The Morgan fingerprint density at radius 3 is 2.62 bits per heavy atom. The van der Waals surface area contributed by atoms with Crippen LogP contribution in [-0.4, -0.2) is 28.6 Å². The van der Waals surface area contributed by atoms with E-state index in [2.05, 4.69) is 11.8 Å². The molecule has 0 aromatic carbocycles. The van der Waals surface area contributed by atoms with Crippen molar-refractivity contribution in [2.24, 2.45) is 0 Å². The molecule has 0 unspecified atom stereocenters. The monoisotopic (exact) mass is 183 g/mol. The third-order valence-electron chi connectivity index (χ3n) is 2.57. The molecule has 3 nitrogen and oxygen atoms in total. The maximum absolute atomic E-state index is 10.3. The molecule has 3 heteroatoms. The summed E-state index contributed by atoms with van der Waals surface area (Å²) in [5.74, 6) is -0.864. The van der Waals surface area contributed by atoms with E-state index in [9.17, 15) is 4.79 Å². The molecule has 0 atom stereocenters. The summed E-state index contributed by atoms with van der Waals surface area (Å²) in [5.41, 5.74) is 0. The van der Waals surface area contributed by atoms with Gasteiger partial charge in [-0.1, -0.05) is 12.8 Å². The summed E-state index contributed by atoms with van der Waals surface area (Å²) < 4.78 is 0. The summed E-state index contributed by atoms with van der Waals surface area (Å²) in [6.45, 7) is 2.96. The highest BCUT2D eigenvalue weighted by Crippen LogP contribution is 2.23. The summed E-state index contributed by atoms with van der Waals surface area (Å²) >= 11 is 0. The molecule has 0 saturated heterocycles. The Morgan fingerprint density at radius 2 is 2.15 bits per heavy atom. The Balaban J connectivity index is 2.46. The van der Waals surface area contributed by atoms with Gasteiger partial charge in [0.2, 0.25) is 0 Å². The van der Waals surface area contributed by atoms with Gasteiger partial charge in [-0.3, -0.25) is 0 Å². The fourth-order valence-corrected chi connectivity index (χ4v) is 1.88. The SMILES string of the molecule is CCN(C=CC(=O)O)C1CCCC1. The number of rotatable bonds is 4. The standard InChI is InChI=1S/C10H17NO2/c1-2-11(8-7-10(12)13)9-5-3-4-6-9/h7-9H,2-6H2,1H3,(H,12,13). The lowest BCUT2D eigenvalue weighted by atomic mass is 10.2. The zero-order chi connectivity index (χ0) is 9.68. The van der Waals surface area contributed by atoms with Gasteiger partial charge in [0, 0.05) is 24.9 Å². The van der Waals surface area contributed by atoms with Gasteiger partial charge in [0.15, 0.2) is 0 Å². The highest BCUT2D eigenvalue weighted by molar-refractivity contribution is 5.79. The van der Waals surface area contributed by atoms with E-state index < -0.39 is 5.97 Å². The lowest BCUT2D eigenvalue weighted by Crippen LogP contribution is -2.27. The van der Waals surface area contributed by atoms with Gasteiger partial charge in [-0.15, -0.1) is 0 Å². The highest BCUT2D eigenvalue weighted by atomic mass is 16.4. The third-order valence-corrected chi connectivity index (χ3v) is 2.57. The first kappa shape index (κ1) is 10.1. The minimum Gasteiger partial charge on any atom is -0.478 e. The van der Waals surface area contributed by atoms with E-state index in [1.165, 1.54) is 31.8 Å². The molecule has 13 heavy (non-hydrogen) atoms. The van der Waals surface area contributed by atoms with Crippen molar-refractivity contribution in [2.75, 3.05) is 6.54 Å². The number of hydrogen-bond donors (Lipinski definition) is 1. The van der Waals surface area contributed by atoms with Crippen molar-refractivity contribution in [3.8, 4) is 0 Å². The Morgan fingerprint density at radius 1 is 1.54 bits per heavy atom. The molecule has 1 saturated carbocycles. The maximum Gasteiger partial charge on any atom is 0.329 e. The summed E-state index contributed by atoms with van der Waals surface area (Å²) in [7, 11) is 0. The Kier molecular flexibility index (Phi) is 3.80. The van der Waals surface area contributed by atoms with Gasteiger partial charge in [0.1, 0.15) is 0 Å². The van der Waals surface area contributed by atoms with E-state index >= 15 is 0 Å². The van der Waals surface area contributed by atoms with Gasteiger partial charge in [-0.05, 0) is 19.8 Å². The topological polar surface area (TPSA) is 40.5 Å². The van der Waals surface area contributed by atoms with Crippen molar-refractivity contribution < 1.29 is 9.90 Å². The van der Waals surface area contributed by atoms with Crippen LogP contribution >= 0.6 is 0 Å². The van der Waals surface area contributed by atoms with Gasteiger partial charge in [-0.25, -0.2) is 4.79 Å². The van der Waals surface area contributed by atoms with E-state index in [1.54, 1.807) is 6.20 Å². The Hall–Kier alpha value is -0.990. The van der Waals surface area contributed by atoms with Crippen LogP contribution in [0.3, 0.4) is 0 Å². The van der Waals surface area contributed by atoms with Crippen LogP contribution in [0.25, 0.3) is 0 Å². The average molecular weight is 183 g/mol. The van der Waals surface area contributed by atoms with E-state index in [4.69, 9.17) is 5.11 Å². The minimum atomic E-state index is -0.864.